The summed E-state index contributed by atoms with van der Waals surface area (Å²) in [5.74, 6) is -0.558. The quantitative estimate of drug-likeness (QED) is 0.522. The van der Waals surface area contributed by atoms with E-state index in [-0.39, 0.29) is 11.3 Å². The molecule has 1 aliphatic heterocycles. The van der Waals surface area contributed by atoms with Crippen molar-refractivity contribution in [1.82, 2.24) is 5.32 Å². The molecule has 116 valence electrons. The molecular weight excluding hydrogens is 306 g/mol. The van der Waals surface area contributed by atoms with E-state index in [1.807, 2.05) is 6.26 Å². The van der Waals surface area contributed by atoms with Crippen LogP contribution >= 0.6 is 11.8 Å². The minimum absolute atomic E-state index is 0.0761. The molecule has 0 bridgehead atoms. The lowest BCUT2D eigenvalue weighted by Crippen LogP contribution is -2.30. The van der Waals surface area contributed by atoms with Gasteiger partial charge in [-0.3, -0.25) is 10.1 Å². The van der Waals surface area contributed by atoms with E-state index in [2.05, 4.69) is 10.3 Å². The van der Waals surface area contributed by atoms with Crippen molar-refractivity contribution in [2.24, 2.45) is 4.99 Å². The van der Waals surface area contributed by atoms with Crippen LogP contribution in [0.5, 0.6) is 0 Å². The average Bonchev–Trinajstić information content (AvgIpc) is 2.53. The number of nitro benzene ring substituents is 1. The van der Waals surface area contributed by atoms with Gasteiger partial charge >= 0.3 is 5.97 Å². The number of benzene rings is 1. The van der Waals surface area contributed by atoms with Crippen molar-refractivity contribution in [3.05, 3.63) is 51.2 Å². The van der Waals surface area contributed by atoms with Gasteiger partial charge in [-0.05, 0) is 19.2 Å². The second kappa shape index (κ2) is 6.61. The van der Waals surface area contributed by atoms with Crippen LogP contribution in [0.4, 0.5) is 5.69 Å². The van der Waals surface area contributed by atoms with Gasteiger partial charge in [0.2, 0.25) is 0 Å². The minimum atomic E-state index is -0.766. The van der Waals surface area contributed by atoms with Crippen LogP contribution in [0.15, 0.2) is 40.5 Å². The number of nitrogens with one attached hydrogen (secondary N) is 1. The summed E-state index contributed by atoms with van der Waals surface area (Å²) in [4.78, 5) is 27.3. The number of carbonyl (C=O) groups excluding carboxylic acids is 1. The zero-order valence-corrected chi connectivity index (χ0v) is 13.1. The minimum Gasteiger partial charge on any atom is -0.466 e. The van der Waals surface area contributed by atoms with Gasteiger partial charge in [-0.25, -0.2) is 9.79 Å². The molecule has 1 aliphatic rings. The summed E-state index contributed by atoms with van der Waals surface area (Å²) < 4.78 is 4.80. The van der Waals surface area contributed by atoms with Crippen LogP contribution in [0.3, 0.4) is 0 Å². The van der Waals surface area contributed by atoms with Crippen molar-refractivity contribution < 1.29 is 14.5 Å². The summed E-state index contributed by atoms with van der Waals surface area (Å²) in [7, 11) is 1.27. The summed E-state index contributed by atoms with van der Waals surface area (Å²) >= 11 is 1.37. The van der Waals surface area contributed by atoms with Crippen LogP contribution < -0.4 is 5.32 Å². The van der Waals surface area contributed by atoms with Gasteiger partial charge in [-0.1, -0.05) is 23.9 Å². The van der Waals surface area contributed by atoms with Crippen LogP contribution in [0.2, 0.25) is 0 Å². The highest BCUT2D eigenvalue weighted by molar-refractivity contribution is 8.13. The smallest absolute Gasteiger partial charge is 0.338 e. The van der Waals surface area contributed by atoms with Gasteiger partial charge in [-0.15, -0.1) is 0 Å². The Kier molecular flexibility index (Phi) is 4.81. The maximum Gasteiger partial charge on any atom is 0.338 e. The Balaban J connectivity index is 2.62. The van der Waals surface area contributed by atoms with E-state index in [9.17, 15) is 14.9 Å². The third-order valence-corrected chi connectivity index (χ3v) is 3.84. The highest BCUT2D eigenvalue weighted by Crippen LogP contribution is 2.36. The van der Waals surface area contributed by atoms with Crippen molar-refractivity contribution >= 4 is 28.6 Å². The van der Waals surface area contributed by atoms with Gasteiger partial charge in [0.25, 0.3) is 5.69 Å². The normalized spacial score (nSPS) is 17.6. The molecule has 7 nitrogen and oxygen atoms in total. The third kappa shape index (κ3) is 2.96. The van der Waals surface area contributed by atoms with E-state index in [4.69, 9.17) is 4.74 Å². The van der Waals surface area contributed by atoms with Crippen LogP contribution in [-0.2, 0) is 9.53 Å². The molecule has 0 unspecified atom stereocenters. The Hall–Kier alpha value is -2.35. The Labute approximate surface area is 131 Å². The van der Waals surface area contributed by atoms with E-state index in [1.54, 1.807) is 25.1 Å². The molecule has 8 heteroatoms. The number of nitro groups is 1. The fourth-order valence-electron chi connectivity index (χ4n) is 2.24. The Morgan fingerprint density at radius 2 is 2.14 bits per heavy atom. The summed E-state index contributed by atoms with van der Waals surface area (Å²) in [5.41, 5.74) is 1.14. The van der Waals surface area contributed by atoms with Gasteiger partial charge in [0.1, 0.15) is 6.04 Å². The molecule has 0 amide bonds. The highest BCUT2D eigenvalue weighted by Gasteiger charge is 2.33. The molecular formula is C14H15N3O4S. The molecule has 1 N–H and O–H groups in total. The first-order chi connectivity index (χ1) is 10.5. The lowest BCUT2D eigenvalue weighted by molar-refractivity contribution is -0.385. The van der Waals surface area contributed by atoms with E-state index in [1.165, 1.54) is 24.9 Å². The molecule has 0 radical (unpaired) electrons. The number of aliphatic imine (C=N–C) groups is 1. The fraction of sp³-hybridized carbons (Fsp3) is 0.286. The monoisotopic (exact) mass is 321 g/mol. The van der Waals surface area contributed by atoms with Gasteiger partial charge in [0, 0.05) is 11.8 Å². The lowest BCUT2D eigenvalue weighted by Gasteiger charge is -2.24. The molecule has 0 aromatic heterocycles. The van der Waals surface area contributed by atoms with Crippen molar-refractivity contribution in [3.63, 3.8) is 0 Å². The van der Waals surface area contributed by atoms with Gasteiger partial charge in [0.15, 0.2) is 5.17 Å². The van der Waals surface area contributed by atoms with Crippen molar-refractivity contribution in [2.75, 3.05) is 13.4 Å². The summed E-state index contributed by atoms with van der Waals surface area (Å²) in [6.45, 7) is 1.72. The lowest BCUT2D eigenvalue weighted by atomic mass is 9.95. The molecule has 0 saturated heterocycles. The maximum absolute atomic E-state index is 12.1. The molecule has 0 aliphatic carbocycles. The molecule has 22 heavy (non-hydrogen) atoms. The van der Waals surface area contributed by atoms with E-state index >= 15 is 0 Å². The Morgan fingerprint density at radius 3 is 2.73 bits per heavy atom. The number of rotatable bonds is 3. The number of carbonyl (C=O) groups is 1. The first-order valence-electron chi connectivity index (χ1n) is 6.40. The second-order valence-corrected chi connectivity index (χ2v) is 5.31. The van der Waals surface area contributed by atoms with Crippen LogP contribution in [0, 0.1) is 10.1 Å². The number of amidine groups is 1. The predicted molar refractivity (Wildman–Crippen MR) is 84.6 cm³/mol. The standard InChI is InChI=1S/C14H15N3O4S/c1-8-11(13(18)21-2)12(16-14(15-8)22-3)9-6-4-5-7-10(9)17(19)20/h4-7,12H,1-3H3,(H,15,16)/t12-/m0/s1. The zero-order chi connectivity index (χ0) is 16.3. The fourth-order valence-corrected chi connectivity index (χ4v) is 2.70. The molecule has 1 aromatic rings. The van der Waals surface area contributed by atoms with Gasteiger partial charge in [0.05, 0.1) is 23.2 Å². The molecule has 1 heterocycles. The SMILES string of the molecule is COC(=O)C1=C(C)NC(SC)=N[C@H]1c1ccccc1[N+](=O)[O-]. The van der Waals surface area contributed by atoms with E-state index < -0.39 is 16.9 Å². The van der Waals surface area contributed by atoms with E-state index in [0.717, 1.165) is 0 Å². The predicted octanol–water partition coefficient (Wildman–Crippen LogP) is 2.41. The number of para-hydroxylation sites is 1. The Morgan fingerprint density at radius 1 is 1.45 bits per heavy atom. The van der Waals surface area contributed by atoms with E-state index in [0.29, 0.717) is 16.4 Å². The largest absolute Gasteiger partial charge is 0.466 e. The molecule has 0 fully saturated rings. The summed E-state index contributed by atoms with van der Waals surface area (Å²) in [5, 5.41) is 14.8. The van der Waals surface area contributed by atoms with Crippen LogP contribution in [0.1, 0.15) is 18.5 Å². The van der Waals surface area contributed by atoms with Gasteiger partial charge < -0.3 is 10.1 Å². The molecule has 2 rings (SSSR count). The number of methoxy groups -OCH3 is 1. The maximum atomic E-state index is 12.1. The molecule has 1 aromatic carbocycles. The molecule has 0 saturated carbocycles. The van der Waals surface area contributed by atoms with Crippen molar-refractivity contribution in [1.29, 1.82) is 0 Å². The number of allylic oxidation sites excluding steroid dienone is 1. The number of ether oxygens (including phenoxy) is 1. The summed E-state index contributed by atoms with van der Waals surface area (Å²) in [6, 6.07) is 5.50. The van der Waals surface area contributed by atoms with Crippen molar-refractivity contribution in [2.45, 2.75) is 13.0 Å². The van der Waals surface area contributed by atoms with Crippen LogP contribution in [0.25, 0.3) is 0 Å². The average molecular weight is 321 g/mol. The first-order valence-corrected chi connectivity index (χ1v) is 7.63. The number of hydrogen-bond donors (Lipinski definition) is 1. The topological polar surface area (TPSA) is 93.8 Å². The number of thioether (sulfide) groups is 1. The van der Waals surface area contributed by atoms with Crippen molar-refractivity contribution in [3.8, 4) is 0 Å². The highest BCUT2D eigenvalue weighted by atomic mass is 32.2. The van der Waals surface area contributed by atoms with Gasteiger partial charge in [-0.2, -0.15) is 0 Å². The summed E-state index contributed by atoms with van der Waals surface area (Å²) in [6.07, 6.45) is 1.83. The number of nitrogens with zero attached hydrogens (tertiary/aromatic N) is 2. The second-order valence-electron chi connectivity index (χ2n) is 4.51. The molecule has 0 spiro atoms. The number of hydrogen-bond acceptors (Lipinski definition) is 7. The number of esters is 1. The first kappa shape index (κ1) is 16.0. The third-order valence-electron chi connectivity index (χ3n) is 3.24. The zero-order valence-electron chi connectivity index (χ0n) is 12.3. The molecule has 1 atom stereocenters. The Bertz CT molecular complexity index is 684. The van der Waals surface area contributed by atoms with Crippen LogP contribution in [-0.4, -0.2) is 29.4 Å².